The summed E-state index contributed by atoms with van der Waals surface area (Å²) in [5.74, 6) is 3.43. The van der Waals surface area contributed by atoms with E-state index in [1.165, 1.54) is 38.8 Å². The average Bonchev–Trinajstić information content (AvgIpc) is 3.80. The summed E-state index contributed by atoms with van der Waals surface area (Å²) >= 11 is 0. The van der Waals surface area contributed by atoms with Gasteiger partial charge in [0.1, 0.15) is 22.8 Å². The molecule has 57 heavy (non-hydrogen) atoms. The van der Waals surface area contributed by atoms with Crippen LogP contribution in [-0.4, -0.2) is 9.97 Å². The molecule has 4 nitrogen and oxygen atoms in total. The van der Waals surface area contributed by atoms with E-state index in [1.807, 2.05) is 18.2 Å². The van der Waals surface area contributed by atoms with E-state index in [4.69, 9.17) is 19.1 Å². The number of aryl methyl sites for hydroxylation is 1. The van der Waals surface area contributed by atoms with Crippen molar-refractivity contribution in [2.75, 3.05) is 0 Å². The molecule has 268 valence electrons. The molecule has 12 rings (SSSR count). The van der Waals surface area contributed by atoms with Crippen LogP contribution in [0.25, 0.3) is 73.2 Å². The molecule has 0 amide bonds. The largest absolute Gasteiger partial charge is 0.457 e. The molecule has 9 aromatic rings. The van der Waals surface area contributed by atoms with Gasteiger partial charge in [0.2, 0.25) is 0 Å². The first-order valence-electron chi connectivity index (χ1n) is 19.6. The normalized spacial score (nSPS) is 14.0. The van der Waals surface area contributed by atoms with E-state index in [0.29, 0.717) is 5.82 Å². The maximum atomic E-state index is 6.68. The lowest BCUT2D eigenvalue weighted by Crippen LogP contribution is -2.32. The number of hydrogen-bond donors (Lipinski definition) is 0. The predicted molar refractivity (Wildman–Crippen MR) is 228 cm³/mol. The van der Waals surface area contributed by atoms with Gasteiger partial charge in [0.05, 0.1) is 16.8 Å². The zero-order valence-corrected chi connectivity index (χ0v) is 30.9. The van der Waals surface area contributed by atoms with Crippen molar-refractivity contribution in [3.63, 3.8) is 0 Å². The standard InChI is InChI=1S/C53H34N2O2/c1-2-12-35(13-3-1)52-54-46(32-47(55-52)37-26-28-41-40-16-6-10-20-48(40)56-51(41)31-37)34-24-22-33(23-25-34)36-27-29-50-45(30-36)53(44-19-9-11-21-49(44)57-50)42-17-7-4-14-38(42)39-15-5-8-18-43(39)53/h1-5,7-15,17-32H,6,16H2. The Morgan fingerprint density at radius 3 is 1.89 bits per heavy atom. The number of aromatic nitrogens is 2. The summed E-state index contributed by atoms with van der Waals surface area (Å²) in [6.45, 7) is 0. The minimum absolute atomic E-state index is 0.507. The minimum Gasteiger partial charge on any atom is -0.457 e. The van der Waals surface area contributed by atoms with Crippen molar-refractivity contribution in [3.8, 4) is 67.7 Å². The lowest BCUT2D eigenvalue weighted by Gasteiger charge is -2.39. The van der Waals surface area contributed by atoms with Crippen LogP contribution >= 0.6 is 0 Å². The molecule has 1 spiro atoms. The maximum absolute atomic E-state index is 6.68. The van der Waals surface area contributed by atoms with Crippen LogP contribution in [0.3, 0.4) is 0 Å². The van der Waals surface area contributed by atoms with Gasteiger partial charge in [0.25, 0.3) is 0 Å². The zero-order chi connectivity index (χ0) is 37.5. The van der Waals surface area contributed by atoms with E-state index < -0.39 is 5.41 Å². The summed E-state index contributed by atoms with van der Waals surface area (Å²) in [5, 5.41) is 1.18. The monoisotopic (exact) mass is 730 g/mol. The molecular formula is C53H34N2O2. The van der Waals surface area contributed by atoms with Crippen LogP contribution in [0.4, 0.5) is 0 Å². The molecule has 0 N–H and O–H groups in total. The van der Waals surface area contributed by atoms with Gasteiger partial charge in [0.15, 0.2) is 5.82 Å². The van der Waals surface area contributed by atoms with E-state index in [2.05, 4.69) is 164 Å². The Morgan fingerprint density at radius 2 is 1.11 bits per heavy atom. The van der Waals surface area contributed by atoms with Gasteiger partial charge in [0, 0.05) is 38.8 Å². The van der Waals surface area contributed by atoms with E-state index >= 15 is 0 Å². The first-order chi connectivity index (χ1) is 28.2. The van der Waals surface area contributed by atoms with Crippen molar-refractivity contribution in [1.29, 1.82) is 0 Å². The Morgan fingerprint density at radius 1 is 0.474 bits per heavy atom. The van der Waals surface area contributed by atoms with Gasteiger partial charge >= 0.3 is 0 Å². The van der Waals surface area contributed by atoms with Crippen LogP contribution in [0.1, 0.15) is 40.0 Å². The lowest BCUT2D eigenvalue weighted by atomic mass is 9.66. The summed E-state index contributed by atoms with van der Waals surface area (Å²) in [6, 6.07) is 60.4. The number of nitrogens with zero attached hydrogens (tertiary/aromatic N) is 2. The summed E-state index contributed by atoms with van der Waals surface area (Å²) in [7, 11) is 0. The highest BCUT2D eigenvalue weighted by Crippen LogP contribution is 2.62. The fourth-order valence-electron chi connectivity index (χ4n) is 9.47. The fraction of sp³-hybridized carbons (Fsp3) is 0.0566. The summed E-state index contributed by atoms with van der Waals surface area (Å²) in [4.78, 5) is 10.2. The van der Waals surface area contributed by atoms with Crippen molar-refractivity contribution in [2.24, 2.45) is 0 Å². The van der Waals surface area contributed by atoms with Crippen LogP contribution in [0, 0.1) is 0 Å². The molecule has 0 saturated heterocycles. The highest BCUT2D eigenvalue weighted by molar-refractivity contribution is 5.91. The Bertz CT molecular complexity index is 3060. The molecule has 0 radical (unpaired) electrons. The Labute approximate surface area is 330 Å². The van der Waals surface area contributed by atoms with Crippen LogP contribution in [0.5, 0.6) is 11.5 Å². The Kier molecular flexibility index (Phi) is 6.93. The smallest absolute Gasteiger partial charge is 0.160 e. The maximum Gasteiger partial charge on any atom is 0.160 e. The molecule has 0 unspecified atom stereocenters. The first kappa shape index (κ1) is 32.0. The molecule has 4 heteroatoms. The van der Waals surface area contributed by atoms with Crippen molar-refractivity contribution >= 4 is 17.0 Å². The molecule has 2 aliphatic carbocycles. The van der Waals surface area contributed by atoms with E-state index in [9.17, 15) is 0 Å². The van der Waals surface area contributed by atoms with Gasteiger partial charge < -0.3 is 9.15 Å². The zero-order valence-electron chi connectivity index (χ0n) is 30.9. The quantitative estimate of drug-likeness (QED) is 0.181. The Hall–Kier alpha value is -7.30. The molecule has 7 aromatic carbocycles. The molecule has 1 aliphatic heterocycles. The highest BCUT2D eigenvalue weighted by atomic mass is 16.5. The summed E-state index contributed by atoms with van der Waals surface area (Å²) in [5.41, 5.74) is 16.0. The van der Waals surface area contributed by atoms with E-state index in [1.54, 1.807) is 0 Å². The number of rotatable bonds is 4. The molecule has 0 fully saturated rings. The Balaban J connectivity index is 0.970. The number of furan rings is 1. The second-order valence-electron chi connectivity index (χ2n) is 15.2. The number of allylic oxidation sites excluding steroid dienone is 1. The van der Waals surface area contributed by atoms with Crippen LogP contribution < -0.4 is 4.74 Å². The third-order valence-electron chi connectivity index (χ3n) is 12.1. The van der Waals surface area contributed by atoms with Crippen molar-refractivity contribution in [3.05, 3.63) is 210 Å². The fourth-order valence-corrected chi connectivity index (χ4v) is 9.47. The molecule has 0 bridgehead atoms. The average molecular weight is 731 g/mol. The van der Waals surface area contributed by atoms with Crippen molar-refractivity contribution < 1.29 is 9.15 Å². The molecule has 3 heterocycles. The number of benzene rings is 7. The van der Waals surface area contributed by atoms with E-state index in [-0.39, 0.29) is 0 Å². The third kappa shape index (κ3) is 4.80. The predicted octanol–water partition coefficient (Wildman–Crippen LogP) is 13.3. The van der Waals surface area contributed by atoms with Gasteiger partial charge in [-0.25, -0.2) is 9.97 Å². The number of ether oxygens (including phenoxy) is 1. The number of para-hydroxylation sites is 1. The van der Waals surface area contributed by atoms with Gasteiger partial charge in [-0.1, -0.05) is 146 Å². The molecule has 0 saturated carbocycles. The summed E-state index contributed by atoms with van der Waals surface area (Å²) in [6.07, 6.45) is 6.32. The van der Waals surface area contributed by atoms with Crippen LogP contribution in [0.2, 0.25) is 0 Å². The number of fused-ring (bicyclic) bond motifs is 12. The molecule has 0 atom stereocenters. The summed E-state index contributed by atoms with van der Waals surface area (Å²) < 4.78 is 13.0. The highest BCUT2D eigenvalue weighted by Gasteiger charge is 2.51. The van der Waals surface area contributed by atoms with Gasteiger partial charge in [-0.3, -0.25) is 0 Å². The molecular weight excluding hydrogens is 697 g/mol. The number of hydrogen-bond acceptors (Lipinski definition) is 4. The minimum atomic E-state index is -0.507. The van der Waals surface area contributed by atoms with Crippen LogP contribution in [-0.2, 0) is 11.8 Å². The molecule has 2 aromatic heterocycles. The van der Waals surface area contributed by atoms with Crippen molar-refractivity contribution in [1.82, 2.24) is 9.97 Å². The second kappa shape index (κ2) is 12.4. The topological polar surface area (TPSA) is 48.2 Å². The first-order valence-corrected chi connectivity index (χ1v) is 19.6. The molecule has 3 aliphatic rings. The van der Waals surface area contributed by atoms with Gasteiger partial charge in [-0.2, -0.15) is 0 Å². The third-order valence-corrected chi connectivity index (χ3v) is 12.1. The van der Waals surface area contributed by atoms with E-state index in [0.717, 1.165) is 80.5 Å². The van der Waals surface area contributed by atoms with Crippen molar-refractivity contribution in [2.45, 2.75) is 18.3 Å². The van der Waals surface area contributed by atoms with Gasteiger partial charge in [-0.05, 0) is 82.6 Å². The van der Waals surface area contributed by atoms with Crippen LogP contribution in [0.15, 0.2) is 180 Å². The van der Waals surface area contributed by atoms with Gasteiger partial charge in [-0.15, -0.1) is 0 Å². The SMILES string of the molecule is C1=Cc2oc3cc(-c4cc(-c5ccc(-c6ccc7c(c6)C6(c8ccccc8O7)c7ccccc7-c7ccccc76)cc5)nc(-c5ccccc5)n4)ccc3c2CC1. The lowest BCUT2D eigenvalue weighted by molar-refractivity contribution is 0.436. The second-order valence-corrected chi connectivity index (χ2v) is 15.2.